The van der Waals surface area contributed by atoms with E-state index in [0.29, 0.717) is 16.5 Å². The van der Waals surface area contributed by atoms with Gasteiger partial charge in [0.25, 0.3) is 15.7 Å². The molecule has 58 heavy (non-hydrogen) atoms. The lowest BCUT2D eigenvalue weighted by atomic mass is 10.1. The lowest BCUT2D eigenvalue weighted by molar-refractivity contribution is -0.384. The molecule has 12 nitrogen and oxygen atoms in total. The van der Waals surface area contributed by atoms with Crippen molar-refractivity contribution in [1.29, 1.82) is 0 Å². The Morgan fingerprint density at radius 3 is 2.21 bits per heavy atom. The van der Waals surface area contributed by atoms with Crippen molar-refractivity contribution in [1.82, 2.24) is 14.7 Å². The number of anilines is 4. The Morgan fingerprint density at radius 1 is 0.828 bits per heavy atom. The zero-order valence-electron chi connectivity index (χ0n) is 32.2. The predicted molar refractivity (Wildman–Crippen MR) is 237 cm³/mol. The van der Waals surface area contributed by atoms with Gasteiger partial charge in [-0.2, -0.15) is 5.10 Å². The number of benzene rings is 5. The summed E-state index contributed by atoms with van der Waals surface area (Å²) in [6, 6.07) is 39.2. The molecule has 7 rings (SSSR count). The number of hydrogen-bond acceptors (Lipinski definition) is 10. The molecule has 1 aliphatic rings. The van der Waals surface area contributed by atoms with Crippen molar-refractivity contribution < 1.29 is 13.3 Å². The van der Waals surface area contributed by atoms with Gasteiger partial charge >= 0.3 is 0 Å². The highest BCUT2D eigenvalue weighted by molar-refractivity contribution is 7.99. The van der Waals surface area contributed by atoms with Crippen LogP contribution in [-0.4, -0.2) is 86.6 Å². The van der Waals surface area contributed by atoms with Crippen molar-refractivity contribution in [2.75, 3.05) is 72.4 Å². The number of hydrogen-bond donors (Lipinski definition) is 2. The normalized spacial score (nSPS) is 13.7. The third-order valence-electron chi connectivity index (χ3n) is 9.94. The lowest BCUT2D eigenvalue weighted by Crippen LogP contribution is -2.46. The molecule has 1 aromatic heterocycles. The number of sulfonamides is 1. The molecular formula is C43H45ClN8O4S2. The van der Waals surface area contributed by atoms with Crippen molar-refractivity contribution >= 4 is 61.8 Å². The summed E-state index contributed by atoms with van der Waals surface area (Å²) in [5, 5.41) is 20.8. The van der Waals surface area contributed by atoms with Crippen LogP contribution in [-0.2, 0) is 10.0 Å². The molecule has 1 atom stereocenters. The number of nitro benzene ring substituents is 1. The molecule has 2 heterocycles. The Kier molecular flexibility index (Phi) is 12.9. The number of halogens is 1. The average molecular weight is 837 g/mol. The largest absolute Gasteiger partial charge is 0.376 e. The third-order valence-corrected chi connectivity index (χ3v) is 12.7. The molecule has 0 amide bonds. The Morgan fingerprint density at radius 2 is 1.52 bits per heavy atom. The van der Waals surface area contributed by atoms with E-state index >= 15 is 0 Å². The maximum Gasteiger partial charge on any atom is 0.293 e. The molecule has 2 N–H and O–H groups in total. The SMILES string of the molecule is CN(C)CC[C@H](CSc1ccccc1)Nc1ccc(S(=O)(=O)Nc2ccc(N3CCN(c4cccc(-c5ccnn5-c5ccc(Cl)cc5)c4)CC3)cc2)cc1[N+](=O)[O-]. The lowest BCUT2D eigenvalue weighted by Gasteiger charge is -2.37. The van der Waals surface area contributed by atoms with E-state index in [0.717, 1.165) is 78.4 Å². The smallest absolute Gasteiger partial charge is 0.293 e. The van der Waals surface area contributed by atoms with Gasteiger partial charge < -0.3 is 20.0 Å². The van der Waals surface area contributed by atoms with E-state index in [1.807, 2.05) is 91.6 Å². The summed E-state index contributed by atoms with van der Waals surface area (Å²) in [5.74, 6) is 0.677. The first-order chi connectivity index (χ1) is 28.0. The average Bonchev–Trinajstić information content (AvgIpc) is 3.73. The third kappa shape index (κ3) is 10.1. The fourth-order valence-corrected chi connectivity index (χ4v) is 9.04. The molecular weight excluding hydrogens is 792 g/mol. The zero-order valence-corrected chi connectivity index (χ0v) is 34.6. The van der Waals surface area contributed by atoms with Gasteiger partial charge in [-0.1, -0.05) is 41.9 Å². The maximum atomic E-state index is 13.5. The van der Waals surface area contributed by atoms with Gasteiger partial charge in [0.2, 0.25) is 0 Å². The Labute approximate surface area is 348 Å². The van der Waals surface area contributed by atoms with E-state index in [-0.39, 0.29) is 22.3 Å². The van der Waals surface area contributed by atoms with Crippen molar-refractivity contribution in [2.45, 2.75) is 22.3 Å². The highest BCUT2D eigenvalue weighted by Crippen LogP contribution is 2.32. The monoisotopic (exact) mass is 836 g/mol. The van der Waals surface area contributed by atoms with E-state index in [1.54, 1.807) is 30.1 Å². The Bertz CT molecular complexity index is 2420. The van der Waals surface area contributed by atoms with Crippen LogP contribution < -0.4 is 19.8 Å². The molecule has 0 saturated carbocycles. The summed E-state index contributed by atoms with van der Waals surface area (Å²) in [7, 11) is -0.159. The molecule has 1 aliphatic heterocycles. The number of thioether (sulfide) groups is 1. The van der Waals surface area contributed by atoms with Gasteiger partial charge in [0.15, 0.2) is 0 Å². The highest BCUT2D eigenvalue weighted by atomic mass is 35.5. The summed E-state index contributed by atoms with van der Waals surface area (Å²) in [6.07, 6.45) is 2.54. The minimum absolute atomic E-state index is 0.0950. The second kappa shape index (κ2) is 18.4. The fraction of sp³-hybridized carbons (Fsp3) is 0.233. The molecule has 0 radical (unpaired) electrons. The molecule has 15 heteroatoms. The molecule has 300 valence electrons. The van der Waals surface area contributed by atoms with Crippen molar-refractivity contribution in [2.24, 2.45) is 0 Å². The quantitative estimate of drug-likeness (QED) is 0.0555. The second-order valence-electron chi connectivity index (χ2n) is 14.3. The molecule has 0 bridgehead atoms. The number of aromatic nitrogens is 2. The number of nitrogens with zero attached hydrogens (tertiary/aromatic N) is 6. The van der Waals surface area contributed by atoms with Crippen molar-refractivity contribution in [3.8, 4) is 16.9 Å². The fourth-order valence-electron chi connectivity index (χ4n) is 6.85. The van der Waals surface area contributed by atoms with Gasteiger partial charge in [-0.25, -0.2) is 13.1 Å². The second-order valence-corrected chi connectivity index (χ2v) is 17.5. The molecule has 1 fully saturated rings. The van der Waals surface area contributed by atoms with Crippen LogP contribution >= 0.6 is 23.4 Å². The topological polar surface area (TPSA) is 129 Å². The van der Waals surface area contributed by atoms with Gasteiger partial charge in [0.1, 0.15) is 5.69 Å². The van der Waals surface area contributed by atoms with E-state index in [1.165, 1.54) is 12.1 Å². The van der Waals surface area contributed by atoms with Crippen LogP contribution in [0.1, 0.15) is 6.42 Å². The summed E-state index contributed by atoms with van der Waals surface area (Å²) in [4.78, 5) is 19.3. The summed E-state index contributed by atoms with van der Waals surface area (Å²) in [6.45, 7) is 3.95. The van der Waals surface area contributed by atoms with Crippen LogP contribution in [0.3, 0.4) is 0 Å². The maximum absolute atomic E-state index is 13.5. The minimum atomic E-state index is -4.12. The van der Waals surface area contributed by atoms with Gasteiger partial charge in [-0.3, -0.25) is 14.8 Å². The highest BCUT2D eigenvalue weighted by Gasteiger charge is 2.24. The van der Waals surface area contributed by atoms with E-state index in [2.05, 4.69) is 54.1 Å². The standard InChI is InChI=1S/C43H45ClN8O4S2/c1-48(2)24-22-35(31-57-39-9-4-3-5-10-39)46-41-20-19-40(30-43(41)52(53)54)58(55,56)47-34-13-17-36(18-14-34)49-25-27-50(28-26-49)38-8-6-7-32(29-38)42-21-23-45-51(42)37-15-11-33(44)12-16-37/h3-21,23,29-30,35,46-47H,22,24-28,31H2,1-2H3/t35-/m1/s1. The molecule has 1 saturated heterocycles. The summed E-state index contributed by atoms with van der Waals surface area (Å²) < 4.78 is 31.6. The summed E-state index contributed by atoms with van der Waals surface area (Å²) >= 11 is 7.77. The van der Waals surface area contributed by atoms with E-state index in [9.17, 15) is 18.5 Å². The Hall–Kier alpha value is -5.54. The van der Waals surface area contributed by atoms with E-state index in [4.69, 9.17) is 11.6 Å². The van der Waals surface area contributed by atoms with Crippen LogP contribution in [0.2, 0.25) is 5.02 Å². The first kappa shape index (κ1) is 40.6. The Balaban J connectivity index is 0.974. The van der Waals surface area contributed by atoms with Crippen molar-refractivity contribution in [3.63, 3.8) is 0 Å². The number of rotatable bonds is 16. The molecule has 5 aromatic carbocycles. The van der Waals surface area contributed by atoms with Gasteiger partial charge in [-0.15, -0.1) is 11.8 Å². The molecule has 6 aromatic rings. The molecule has 0 unspecified atom stereocenters. The predicted octanol–water partition coefficient (Wildman–Crippen LogP) is 8.75. The summed E-state index contributed by atoms with van der Waals surface area (Å²) in [5.41, 5.74) is 5.42. The van der Waals surface area contributed by atoms with Crippen LogP contribution in [0.25, 0.3) is 16.9 Å². The number of nitrogens with one attached hydrogen (secondary N) is 2. The number of nitro groups is 1. The van der Waals surface area contributed by atoms with Gasteiger partial charge in [0, 0.05) is 76.6 Å². The first-order valence-electron chi connectivity index (χ1n) is 18.9. The zero-order chi connectivity index (χ0) is 40.6. The van der Waals surface area contributed by atoms with E-state index < -0.39 is 14.9 Å². The minimum Gasteiger partial charge on any atom is -0.376 e. The van der Waals surface area contributed by atoms with Gasteiger partial charge in [0.05, 0.1) is 27.4 Å². The first-order valence-corrected chi connectivity index (χ1v) is 21.8. The van der Waals surface area contributed by atoms with Crippen LogP contribution in [0.5, 0.6) is 0 Å². The van der Waals surface area contributed by atoms with Crippen LogP contribution in [0.4, 0.5) is 28.4 Å². The van der Waals surface area contributed by atoms with Crippen LogP contribution in [0, 0.1) is 10.1 Å². The number of piperazine rings is 1. The molecule has 0 spiro atoms. The van der Waals surface area contributed by atoms with Gasteiger partial charge in [-0.05, 0) is 118 Å². The van der Waals surface area contributed by atoms with Crippen molar-refractivity contribution in [3.05, 3.63) is 149 Å². The molecule has 0 aliphatic carbocycles. The van der Waals surface area contributed by atoms with Crippen LogP contribution in [0.15, 0.2) is 143 Å².